The monoisotopic (exact) mass is 459 g/mol. The van der Waals surface area contributed by atoms with Crippen molar-refractivity contribution in [2.75, 3.05) is 5.32 Å². The molecule has 0 heterocycles. The van der Waals surface area contributed by atoms with Gasteiger partial charge in [-0.1, -0.05) is 41.4 Å². The van der Waals surface area contributed by atoms with Gasteiger partial charge in [-0.15, -0.1) is 0 Å². The summed E-state index contributed by atoms with van der Waals surface area (Å²) in [6, 6.07) is 17.2. The molecule has 0 saturated carbocycles. The first-order valence-electron chi connectivity index (χ1n) is 8.97. The van der Waals surface area contributed by atoms with Crippen molar-refractivity contribution in [3.8, 4) is 5.75 Å². The maximum atomic E-state index is 12.9. The minimum Gasteiger partial charge on any atom is -0.489 e. The third-order valence-electron chi connectivity index (χ3n) is 3.94. The molecule has 31 heavy (non-hydrogen) atoms. The molecule has 3 aromatic rings. The van der Waals surface area contributed by atoms with Crippen LogP contribution in [0.5, 0.6) is 5.75 Å². The standard InChI is InChI=1S/C22H16Cl2FN3O3/c23-19-9-4-15(11-20(19)24)13-31-18-3-1-2-14(10-18)12-26-28-22(30)21(29)27-17-7-5-16(25)6-8-17/h1-12H,13H2,(H,27,29)(H,28,30)/b26-12-. The number of benzene rings is 3. The zero-order valence-corrected chi connectivity index (χ0v) is 17.5. The maximum absolute atomic E-state index is 12.9. The molecule has 0 bridgehead atoms. The highest BCUT2D eigenvalue weighted by Gasteiger charge is 2.12. The molecule has 0 aliphatic heterocycles. The van der Waals surface area contributed by atoms with Crippen LogP contribution in [-0.2, 0) is 16.2 Å². The Labute approximate surface area is 187 Å². The Bertz CT molecular complexity index is 1120. The van der Waals surface area contributed by atoms with Crippen molar-refractivity contribution in [2.45, 2.75) is 6.61 Å². The van der Waals surface area contributed by atoms with Gasteiger partial charge < -0.3 is 10.1 Å². The molecule has 0 radical (unpaired) electrons. The molecular formula is C22H16Cl2FN3O3. The molecule has 0 saturated heterocycles. The minimum absolute atomic E-state index is 0.289. The predicted octanol–water partition coefficient (Wildman–Crippen LogP) is 4.80. The van der Waals surface area contributed by atoms with Gasteiger partial charge in [0.1, 0.15) is 18.2 Å². The first-order valence-corrected chi connectivity index (χ1v) is 9.73. The summed E-state index contributed by atoms with van der Waals surface area (Å²) < 4.78 is 18.6. The average Bonchev–Trinajstić information content (AvgIpc) is 2.76. The third-order valence-corrected chi connectivity index (χ3v) is 4.67. The largest absolute Gasteiger partial charge is 0.489 e. The van der Waals surface area contributed by atoms with Crippen LogP contribution in [0.3, 0.4) is 0 Å². The molecule has 0 atom stereocenters. The van der Waals surface area contributed by atoms with Crippen molar-refractivity contribution in [3.05, 3.63) is 93.7 Å². The Morgan fingerprint density at radius 1 is 0.968 bits per heavy atom. The Hall–Kier alpha value is -3.42. The molecule has 3 aromatic carbocycles. The highest BCUT2D eigenvalue weighted by molar-refractivity contribution is 6.42. The van der Waals surface area contributed by atoms with Crippen LogP contribution in [0.25, 0.3) is 0 Å². The van der Waals surface area contributed by atoms with Crippen LogP contribution >= 0.6 is 23.2 Å². The van der Waals surface area contributed by atoms with Gasteiger partial charge in [-0.25, -0.2) is 9.82 Å². The molecule has 2 amide bonds. The number of nitrogens with one attached hydrogen (secondary N) is 2. The number of carbonyl (C=O) groups is 2. The summed E-state index contributed by atoms with van der Waals surface area (Å²) in [4.78, 5) is 23.7. The highest BCUT2D eigenvalue weighted by atomic mass is 35.5. The first-order chi connectivity index (χ1) is 14.9. The lowest BCUT2D eigenvalue weighted by Crippen LogP contribution is -2.32. The van der Waals surface area contributed by atoms with Crippen molar-refractivity contribution in [2.24, 2.45) is 5.10 Å². The van der Waals surface area contributed by atoms with Gasteiger partial charge in [-0.3, -0.25) is 9.59 Å². The van der Waals surface area contributed by atoms with E-state index in [2.05, 4.69) is 15.8 Å². The summed E-state index contributed by atoms with van der Waals surface area (Å²) in [6.45, 7) is 0.289. The molecule has 0 aromatic heterocycles. The van der Waals surface area contributed by atoms with E-state index in [0.29, 0.717) is 21.4 Å². The number of nitrogens with zero attached hydrogens (tertiary/aromatic N) is 1. The van der Waals surface area contributed by atoms with Gasteiger partial charge in [-0.2, -0.15) is 5.10 Å². The summed E-state index contributed by atoms with van der Waals surface area (Å²) in [5.74, 6) is -1.76. The minimum atomic E-state index is -0.965. The third kappa shape index (κ3) is 6.80. The summed E-state index contributed by atoms with van der Waals surface area (Å²) >= 11 is 11.9. The fourth-order valence-corrected chi connectivity index (χ4v) is 2.74. The van der Waals surface area contributed by atoms with Crippen molar-refractivity contribution in [1.29, 1.82) is 0 Å². The molecular weight excluding hydrogens is 444 g/mol. The maximum Gasteiger partial charge on any atom is 0.329 e. The fraction of sp³-hybridized carbons (Fsp3) is 0.0455. The van der Waals surface area contributed by atoms with Crippen molar-refractivity contribution < 1.29 is 18.7 Å². The lowest BCUT2D eigenvalue weighted by atomic mass is 10.2. The Kier molecular flexibility index (Phi) is 7.59. The molecule has 0 aliphatic carbocycles. The molecule has 9 heteroatoms. The number of hydrazone groups is 1. The van der Waals surface area contributed by atoms with E-state index in [9.17, 15) is 14.0 Å². The van der Waals surface area contributed by atoms with Crippen LogP contribution in [0.1, 0.15) is 11.1 Å². The Morgan fingerprint density at radius 2 is 1.74 bits per heavy atom. The van der Waals surface area contributed by atoms with E-state index in [-0.39, 0.29) is 12.3 Å². The van der Waals surface area contributed by atoms with Gasteiger partial charge in [0, 0.05) is 5.69 Å². The van der Waals surface area contributed by atoms with E-state index in [1.165, 1.54) is 30.5 Å². The van der Waals surface area contributed by atoms with E-state index in [4.69, 9.17) is 27.9 Å². The quantitative estimate of drug-likeness (QED) is 0.315. The zero-order valence-electron chi connectivity index (χ0n) is 15.9. The van der Waals surface area contributed by atoms with Gasteiger partial charge >= 0.3 is 11.8 Å². The zero-order chi connectivity index (χ0) is 22.2. The molecule has 0 unspecified atom stereocenters. The van der Waals surface area contributed by atoms with Crippen LogP contribution in [0.15, 0.2) is 71.8 Å². The van der Waals surface area contributed by atoms with Crippen LogP contribution in [0.4, 0.5) is 10.1 Å². The van der Waals surface area contributed by atoms with Gasteiger partial charge in [-0.05, 0) is 59.7 Å². The number of ether oxygens (including phenoxy) is 1. The molecule has 0 spiro atoms. The topological polar surface area (TPSA) is 79.8 Å². The van der Waals surface area contributed by atoms with Crippen LogP contribution in [0.2, 0.25) is 10.0 Å². The smallest absolute Gasteiger partial charge is 0.329 e. The van der Waals surface area contributed by atoms with E-state index < -0.39 is 17.6 Å². The van der Waals surface area contributed by atoms with E-state index in [1.807, 2.05) is 6.07 Å². The number of rotatable bonds is 6. The normalized spacial score (nSPS) is 10.7. The van der Waals surface area contributed by atoms with E-state index in [1.54, 1.807) is 36.4 Å². The number of hydrogen-bond acceptors (Lipinski definition) is 4. The second-order valence-corrected chi connectivity index (χ2v) is 7.08. The average molecular weight is 460 g/mol. The summed E-state index contributed by atoms with van der Waals surface area (Å²) in [5.41, 5.74) is 3.92. The van der Waals surface area contributed by atoms with Gasteiger partial charge in [0.2, 0.25) is 0 Å². The van der Waals surface area contributed by atoms with Crippen LogP contribution in [0, 0.1) is 5.82 Å². The molecule has 158 valence electrons. The summed E-state index contributed by atoms with van der Waals surface area (Å²) in [6.07, 6.45) is 1.37. The van der Waals surface area contributed by atoms with Crippen LogP contribution in [-0.4, -0.2) is 18.0 Å². The first kappa shape index (κ1) is 22.3. The summed E-state index contributed by atoms with van der Waals surface area (Å²) in [5, 5.41) is 7.02. The predicted molar refractivity (Wildman–Crippen MR) is 118 cm³/mol. The second-order valence-electron chi connectivity index (χ2n) is 6.27. The highest BCUT2D eigenvalue weighted by Crippen LogP contribution is 2.23. The number of amides is 2. The van der Waals surface area contributed by atoms with Gasteiger partial charge in [0.25, 0.3) is 0 Å². The van der Waals surface area contributed by atoms with Gasteiger partial charge in [0.05, 0.1) is 16.3 Å². The Morgan fingerprint density at radius 3 is 2.48 bits per heavy atom. The molecule has 6 nitrogen and oxygen atoms in total. The lowest BCUT2D eigenvalue weighted by molar-refractivity contribution is -0.136. The second kappa shape index (κ2) is 10.6. The summed E-state index contributed by atoms with van der Waals surface area (Å²) in [7, 11) is 0. The van der Waals surface area contributed by atoms with E-state index in [0.717, 1.165) is 5.56 Å². The van der Waals surface area contributed by atoms with E-state index >= 15 is 0 Å². The van der Waals surface area contributed by atoms with Crippen molar-refractivity contribution in [3.63, 3.8) is 0 Å². The number of anilines is 1. The lowest BCUT2D eigenvalue weighted by Gasteiger charge is -2.08. The van der Waals surface area contributed by atoms with Crippen molar-refractivity contribution >= 4 is 46.9 Å². The van der Waals surface area contributed by atoms with Gasteiger partial charge in [0.15, 0.2) is 0 Å². The molecule has 0 aliphatic rings. The molecule has 2 N–H and O–H groups in total. The number of halogens is 3. The Balaban J connectivity index is 1.52. The number of hydrogen-bond donors (Lipinski definition) is 2. The van der Waals surface area contributed by atoms with Crippen molar-refractivity contribution in [1.82, 2.24) is 5.43 Å². The molecule has 0 fully saturated rings. The van der Waals surface area contributed by atoms with Crippen LogP contribution < -0.4 is 15.5 Å². The SMILES string of the molecule is O=C(N/N=C\c1cccc(OCc2ccc(Cl)c(Cl)c2)c1)C(=O)Nc1ccc(F)cc1. The number of carbonyl (C=O) groups excluding carboxylic acids is 2. The molecule has 3 rings (SSSR count). The fourth-order valence-electron chi connectivity index (χ4n) is 2.42.